The van der Waals surface area contributed by atoms with E-state index in [4.69, 9.17) is 21.1 Å². The highest BCUT2D eigenvalue weighted by Crippen LogP contribution is 2.48. The first-order valence-corrected chi connectivity index (χ1v) is 10.1. The maximum atomic E-state index is 15.4. The number of aldehydes is 1. The number of rotatable bonds is 6. The molecule has 154 valence electrons. The van der Waals surface area contributed by atoms with Crippen LogP contribution in [0.15, 0.2) is 48.5 Å². The molecule has 0 aromatic heterocycles. The molecule has 0 aliphatic carbocycles. The predicted octanol–water partition coefficient (Wildman–Crippen LogP) is 6.56. The molecule has 0 spiro atoms. The van der Waals surface area contributed by atoms with Gasteiger partial charge in [0.1, 0.15) is 17.7 Å². The Kier molecular flexibility index (Phi) is 5.73. The zero-order valence-electron chi connectivity index (χ0n) is 16.3. The lowest BCUT2D eigenvalue weighted by atomic mass is 9.91. The Morgan fingerprint density at radius 1 is 1.17 bits per heavy atom. The molecule has 3 aromatic rings. The van der Waals surface area contributed by atoms with E-state index >= 15 is 4.39 Å². The monoisotopic (exact) mass is 428 g/mol. The van der Waals surface area contributed by atoms with Crippen molar-refractivity contribution >= 4 is 17.9 Å². The molecule has 0 amide bonds. The summed E-state index contributed by atoms with van der Waals surface area (Å²) >= 11 is 6.31. The van der Waals surface area contributed by atoms with E-state index in [-0.39, 0.29) is 39.3 Å². The highest BCUT2D eigenvalue weighted by molar-refractivity contribution is 6.34. The number of hydrogen-bond acceptors (Lipinski definition) is 3. The Bertz CT molecular complexity index is 1100. The molecule has 3 aromatic carbocycles. The summed E-state index contributed by atoms with van der Waals surface area (Å²) in [6.45, 7) is 2.21. The molecule has 0 saturated heterocycles. The van der Waals surface area contributed by atoms with Gasteiger partial charge in [-0.2, -0.15) is 0 Å². The molecule has 6 heteroatoms. The third kappa shape index (κ3) is 3.54. The van der Waals surface area contributed by atoms with E-state index in [0.717, 1.165) is 5.56 Å². The minimum Gasteiger partial charge on any atom is -0.491 e. The van der Waals surface area contributed by atoms with Gasteiger partial charge in [0.2, 0.25) is 0 Å². The third-order valence-corrected chi connectivity index (χ3v) is 5.46. The van der Waals surface area contributed by atoms with E-state index in [1.165, 1.54) is 18.2 Å². The van der Waals surface area contributed by atoms with Crippen LogP contribution in [0.3, 0.4) is 0 Å². The molecule has 4 rings (SSSR count). The quantitative estimate of drug-likeness (QED) is 0.417. The summed E-state index contributed by atoms with van der Waals surface area (Å²) in [5.74, 6) is -1.21. The van der Waals surface area contributed by atoms with Gasteiger partial charge in [0.25, 0.3) is 0 Å². The van der Waals surface area contributed by atoms with Crippen molar-refractivity contribution in [2.75, 3.05) is 6.61 Å². The van der Waals surface area contributed by atoms with Gasteiger partial charge in [-0.1, -0.05) is 48.9 Å². The molecular weight excluding hydrogens is 410 g/mol. The minimum absolute atomic E-state index is 0.00921. The van der Waals surface area contributed by atoms with Gasteiger partial charge in [-0.3, -0.25) is 4.79 Å². The maximum absolute atomic E-state index is 15.4. The fraction of sp³-hybridized carbons (Fsp3) is 0.208. The van der Waals surface area contributed by atoms with Crippen molar-refractivity contribution in [1.82, 2.24) is 0 Å². The van der Waals surface area contributed by atoms with Gasteiger partial charge in [-0.05, 0) is 24.1 Å². The predicted molar refractivity (Wildman–Crippen MR) is 111 cm³/mol. The van der Waals surface area contributed by atoms with Crippen LogP contribution in [0.5, 0.6) is 11.5 Å². The van der Waals surface area contributed by atoms with Gasteiger partial charge < -0.3 is 9.47 Å². The van der Waals surface area contributed by atoms with Crippen LogP contribution < -0.4 is 9.47 Å². The first-order valence-electron chi connectivity index (χ1n) is 9.68. The summed E-state index contributed by atoms with van der Waals surface area (Å²) in [5, 5.41) is -0.249. The number of carbonyl (C=O) groups excluding carboxylic acids is 1. The molecule has 0 fully saturated rings. The second kappa shape index (κ2) is 8.44. The van der Waals surface area contributed by atoms with Crippen LogP contribution in [0.1, 0.15) is 40.9 Å². The summed E-state index contributed by atoms with van der Waals surface area (Å²) in [5.41, 5.74) is 1.59. The molecule has 1 atom stereocenters. The fourth-order valence-corrected chi connectivity index (χ4v) is 3.95. The van der Waals surface area contributed by atoms with E-state index in [9.17, 15) is 9.18 Å². The maximum Gasteiger partial charge on any atom is 0.173 e. The Labute approximate surface area is 178 Å². The Morgan fingerprint density at radius 3 is 2.63 bits per heavy atom. The molecule has 0 bridgehead atoms. The lowest BCUT2D eigenvalue weighted by Crippen LogP contribution is -2.04. The zero-order valence-corrected chi connectivity index (χ0v) is 17.0. The number of benzene rings is 3. The summed E-state index contributed by atoms with van der Waals surface area (Å²) in [6.07, 6.45) is 1.22. The summed E-state index contributed by atoms with van der Waals surface area (Å²) < 4.78 is 41.5. The number of halogens is 3. The standard InChI is InChI=1S/C24H19ClF2O3/c1-2-10-29-18-9-8-15(13-28)21(24(18)27)22-16-11-19(14-6-4-3-5-7-14)30-20(16)12-17(26)23(22)25/h3-9,12-13,19H,2,10-11H2,1H3. The molecule has 1 heterocycles. The number of carbonyl (C=O) groups is 1. The van der Waals surface area contributed by atoms with E-state index in [1.807, 2.05) is 37.3 Å². The highest BCUT2D eigenvalue weighted by Gasteiger charge is 2.32. The number of ether oxygens (including phenoxy) is 2. The molecule has 0 N–H and O–H groups in total. The lowest BCUT2D eigenvalue weighted by molar-refractivity contribution is 0.112. The van der Waals surface area contributed by atoms with E-state index < -0.39 is 11.6 Å². The molecular formula is C24H19ClF2O3. The largest absolute Gasteiger partial charge is 0.491 e. The van der Waals surface area contributed by atoms with Crippen molar-refractivity contribution in [3.63, 3.8) is 0 Å². The Morgan fingerprint density at radius 2 is 1.93 bits per heavy atom. The van der Waals surface area contributed by atoms with Crippen molar-refractivity contribution in [3.05, 3.63) is 81.9 Å². The van der Waals surface area contributed by atoms with Gasteiger partial charge in [-0.25, -0.2) is 8.78 Å². The Hall–Kier alpha value is -2.92. The van der Waals surface area contributed by atoms with Crippen molar-refractivity contribution < 1.29 is 23.0 Å². The summed E-state index contributed by atoms with van der Waals surface area (Å²) in [4.78, 5) is 11.7. The molecule has 0 saturated carbocycles. The Balaban J connectivity index is 1.89. The highest BCUT2D eigenvalue weighted by atomic mass is 35.5. The molecule has 1 aliphatic heterocycles. The van der Waals surface area contributed by atoms with Crippen LogP contribution in [0, 0.1) is 11.6 Å². The van der Waals surface area contributed by atoms with Crippen LogP contribution in [0.25, 0.3) is 11.1 Å². The number of hydrogen-bond donors (Lipinski definition) is 0. The second-order valence-corrected chi connectivity index (χ2v) is 7.43. The molecule has 1 unspecified atom stereocenters. The van der Waals surface area contributed by atoms with Crippen LogP contribution >= 0.6 is 11.6 Å². The van der Waals surface area contributed by atoms with Crippen molar-refractivity contribution in [2.45, 2.75) is 25.9 Å². The average molecular weight is 429 g/mol. The molecule has 30 heavy (non-hydrogen) atoms. The van der Waals surface area contributed by atoms with Crippen LogP contribution in [0.2, 0.25) is 5.02 Å². The lowest BCUT2D eigenvalue weighted by Gasteiger charge is -2.16. The van der Waals surface area contributed by atoms with Gasteiger partial charge in [0, 0.05) is 34.7 Å². The third-order valence-electron chi connectivity index (χ3n) is 5.09. The number of fused-ring (bicyclic) bond motifs is 1. The molecule has 0 radical (unpaired) electrons. The van der Waals surface area contributed by atoms with E-state index in [1.54, 1.807) is 0 Å². The zero-order chi connectivity index (χ0) is 21.3. The summed E-state index contributed by atoms with van der Waals surface area (Å²) in [7, 11) is 0. The second-order valence-electron chi connectivity index (χ2n) is 7.05. The normalized spacial score (nSPS) is 14.9. The smallest absolute Gasteiger partial charge is 0.173 e. The van der Waals surface area contributed by atoms with Crippen molar-refractivity contribution in [2.24, 2.45) is 0 Å². The van der Waals surface area contributed by atoms with Gasteiger partial charge in [0.05, 0.1) is 11.6 Å². The van der Waals surface area contributed by atoms with Crippen molar-refractivity contribution in [1.29, 1.82) is 0 Å². The molecule has 1 aliphatic rings. The summed E-state index contributed by atoms with van der Waals surface area (Å²) in [6, 6.07) is 13.5. The SMILES string of the molecule is CCCOc1ccc(C=O)c(-c2c(Cl)c(F)cc3c2CC(c2ccccc2)O3)c1F. The topological polar surface area (TPSA) is 35.5 Å². The first kappa shape index (κ1) is 20.4. The van der Waals surface area contributed by atoms with Crippen LogP contribution in [0.4, 0.5) is 8.78 Å². The minimum atomic E-state index is -0.745. The van der Waals surface area contributed by atoms with E-state index in [2.05, 4.69) is 0 Å². The van der Waals surface area contributed by atoms with Gasteiger partial charge in [0.15, 0.2) is 17.9 Å². The van der Waals surface area contributed by atoms with Crippen molar-refractivity contribution in [3.8, 4) is 22.6 Å². The first-order chi connectivity index (χ1) is 14.5. The van der Waals surface area contributed by atoms with Crippen LogP contribution in [-0.2, 0) is 6.42 Å². The fourth-order valence-electron chi connectivity index (χ4n) is 3.69. The average Bonchev–Trinajstić information content (AvgIpc) is 3.18. The molecule has 3 nitrogen and oxygen atoms in total. The van der Waals surface area contributed by atoms with Crippen LogP contribution in [-0.4, -0.2) is 12.9 Å². The van der Waals surface area contributed by atoms with E-state index in [0.29, 0.717) is 31.3 Å². The van der Waals surface area contributed by atoms with Gasteiger partial charge in [-0.15, -0.1) is 0 Å². The van der Waals surface area contributed by atoms with Gasteiger partial charge >= 0.3 is 0 Å².